The van der Waals surface area contributed by atoms with Crippen LogP contribution in [0.5, 0.6) is 0 Å². The second-order valence-corrected chi connectivity index (χ2v) is 6.09. The van der Waals surface area contributed by atoms with E-state index in [0.29, 0.717) is 6.61 Å². The van der Waals surface area contributed by atoms with Crippen LogP contribution in [-0.4, -0.2) is 23.7 Å². The molecular formula is C20H38O4. The smallest absolute Gasteiger partial charge is 0.302 e. The first-order valence-electron chi connectivity index (χ1n) is 9.48. The average Bonchev–Trinajstić information content (AvgIpc) is 2.50. The quantitative estimate of drug-likeness (QED) is 0.242. The second-order valence-electron chi connectivity index (χ2n) is 6.09. The number of unbranched alkanes of at least 4 members (excludes halogenated alkanes) is 10. The molecule has 0 aromatic heterocycles. The molecule has 0 atom stereocenters. The summed E-state index contributed by atoms with van der Waals surface area (Å²) in [4.78, 5) is 19.6. The third-order valence-corrected chi connectivity index (χ3v) is 3.46. The highest BCUT2D eigenvalue weighted by molar-refractivity contribution is 5.65. The van der Waals surface area contributed by atoms with Crippen LogP contribution in [0.15, 0.2) is 12.2 Å². The molecule has 0 aromatic rings. The fourth-order valence-corrected chi connectivity index (χ4v) is 2.20. The normalized spacial score (nSPS) is 10.3. The monoisotopic (exact) mass is 342 g/mol. The molecule has 4 nitrogen and oxygen atoms in total. The largest absolute Gasteiger partial charge is 0.481 e. The van der Waals surface area contributed by atoms with Gasteiger partial charge in [0.25, 0.3) is 5.97 Å². The van der Waals surface area contributed by atoms with Gasteiger partial charge >= 0.3 is 5.97 Å². The Morgan fingerprint density at radius 2 is 1.21 bits per heavy atom. The van der Waals surface area contributed by atoms with E-state index in [0.717, 1.165) is 13.3 Å². The Hall–Kier alpha value is -1.32. The molecule has 0 aromatic carbocycles. The van der Waals surface area contributed by atoms with E-state index in [1.807, 2.05) is 0 Å². The van der Waals surface area contributed by atoms with Crippen LogP contribution in [0.2, 0.25) is 0 Å². The topological polar surface area (TPSA) is 63.6 Å². The fourth-order valence-electron chi connectivity index (χ4n) is 2.20. The summed E-state index contributed by atoms with van der Waals surface area (Å²) in [5.41, 5.74) is 0. The number of ether oxygens (including phenoxy) is 1. The first kappa shape index (κ1) is 24.9. The lowest BCUT2D eigenvalue weighted by Crippen LogP contribution is -2.00. The van der Waals surface area contributed by atoms with E-state index < -0.39 is 5.97 Å². The minimum atomic E-state index is -0.833. The number of hydrogen-bond acceptors (Lipinski definition) is 3. The molecule has 0 rings (SSSR count). The van der Waals surface area contributed by atoms with Gasteiger partial charge in [-0.1, -0.05) is 70.4 Å². The number of rotatable bonds is 14. The predicted octanol–water partition coefficient (Wildman–Crippen LogP) is 5.90. The minimum Gasteiger partial charge on any atom is -0.481 e. The molecule has 0 spiro atoms. The van der Waals surface area contributed by atoms with Gasteiger partial charge in [-0.3, -0.25) is 9.59 Å². The molecule has 0 bridgehead atoms. The first-order chi connectivity index (χ1) is 11.5. The van der Waals surface area contributed by atoms with Crippen LogP contribution < -0.4 is 0 Å². The van der Waals surface area contributed by atoms with Gasteiger partial charge in [0.1, 0.15) is 0 Å². The standard InChI is InChI=1S/C18H34O2.C2H4O2/c1-3-4-5-6-7-8-9-10-11-12-13-14-15-16-17-20-18(2)19;1-2(3)4/h6-7H,3-5,8-17H2,1-2H3;1H3,(H,3,4). The highest BCUT2D eigenvalue weighted by atomic mass is 16.5. The van der Waals surface area contributed by atoms with E-state index in [9.17, 15) is 4.79 Å². The number of carboxylic acid groups (broad SMARTS) is 1. The number of hydrogen-bond donors (Lipinski definition) is 1. The fraction of sp³-hybridized carbons (Fsp3) is 0.800. The van der Waals surface area contributed by atoms with Crippen molar-refractivity contribution in [3.05, 3.63) is 12.2 Å². The van der Waals surface area contributed by atoms with Crippen LogP contribution in [0.4, 0.5) is 0 Å². The molecule has 0 saturated heterocycles. The maximum Gasteiger partial charge on any atom is 0.302 e. The molecule has 4 heteroatoms. The van der Waals surface area contributed by atoms with Gasteiger partial charge in [0.2, 0.25) is 0 Å². The van der Waals surface area contributed by atoms with Crippen molar-refractivity contribution in [3.63, 3.8) is 0 Å². The van der Waals surface area contributed by atoms with Crippen LogP contribution in [0.1, 0.15) is 97.8 Å². The van der Waals surface area contributed by atoms with Crippen molar-refractivity contribution in [2.45, 2.75) is 97.8 Å². The molecule has 0 unspecified atom stereocenters. The number of carbonyl (C=O) groups is 2. The lowest BCUT2D eigenvalue weighted by Gasteiger charge is -2.02. The third-order valence-electron chi connectivity index (χ3n) is 3.46. The van der Waals surface area contributed by atoms with Crippen LogP contribution >= 0.6 is 0 Å². The Morgan fingerprint density at radius 3 is 1.67 bits per heavy atom. The number of allylic oxidation sites excluding steroid dienone is 2. The molecule has 0 heterocycles. The summed E-state index contributed by atoms with van der Waals surface area (Å²) in [6, 6.07) is 0. The highest BCUT2D eigenvalue weighted by Gasteiger charge is 1.94. The van der Waals surface area contributed by atoms with Gasteiger partial charge in [0, 0.05) is 13.8 Å². The van der Waals surface area contributed by atoms with Crippen molar-refractivity contribution in [1.82, 2.24) is 0 Å². The Balaban J connectivity index is 0. The van der Waals surface area contributed by atoms with Gasteiger partial charge in [-0.2, -0.15) is 0 Å². The molecular weight excluding hydrogens is 304 g/mol. The number of aliphatic carboxylic acids is 1. The number of carbonyl (C=O) groups excluding carboxylic acids is 1. The Labute approximate surface area is 148 Å². The molecule has 0 fully saturated rings. The molecule has 0 saturated carbocycles. The maximum absolute atomic E-state index is 10.6. The molecule has 1 N–H and O–H groups in total. The van der Waals surface area contributed by atoms with Gasteiger partial charge in [-0.25, -0.2) is 0 Å². The van der Waals surface area contributed by atoms with E-state index in [1.165, 1.54) is 77.6 Å². The highest BCUT2D eigenvalue weighted by Crippen LogP contribution is 2.10. The average molecular weight is 343 g/mol. The summed E-state index contributed by atoms with van der Waals surface area (Å²) in [7, 11) is 0. The lowest BCUT2D eigenvalue weighted by molar-refractivity contribution is -0.141. The molecule has 0 aliphatic carbocycles. The van der Waals surface area contributed by atoms with Crippen molar-refractivity contribution in [2.24, 2.45) is 0 Å². The maximum atomic E-state index is 10.6. The zero-order chi connectivity index (χ0) is 18.5. The van der Waals surface area contributed by atoms with Crippen molar-refractivity contribution >= 4 is 11.9 Å². The third kappa shape index (κ3) is 32.6. The summed E-state index contributed by atoms with van der Waals surface area (Å²) < 4.78 is 4.90. The van der Waals surface area contributed by atoms with Crippen LogP contribution in [0.25, 0.3) is 0 Å². The van der Waals surface area contributed by atoms with Crippen molar-refractivity contribution < 1.29 is 19.4 Å². The zero-order valence-corrected chi connectivity index (χ0v) is 16.0. The summed E-state index contributed by atoms with van der Waals surface area (Å²) in [6.07, 6.45) is 20.1. The van der Waals surface area contributed by atoms with Crippen molar-refractivity contribution in [1.29, 1.82) is 0 Å². The minimum absolute atomic E-state index is 0.159. The van der Waals surface area contributed by atoms with E-state index in [-0.39, 0.29) is 5.97 Å². The van der Waals surface area contributed by atoms with E-state index in [4.69, 9.17) is 14.6 Å². The van der Waals surface area contributed by atoms with Gasteiger partial charge in [-0.05, 0) is 25.7 Å². The molecule has 0 aliphatic rings. The van der Waals surface area contributed by atoms with Gasteiger partial charge in [-0.15, -0.1) is 0 Å². The van der Waals surface area contributed by atoms with Crippen LogP contribution in [0.3, 0.4) is 0 Å². The molecule has 24 heavy (non-hydrogen) atoms. The molecule has 142 valence electrons. The number of carboxylic acids is 1. The summed E-state index contributed by atoms with van der Waals surface area (Å²) >= 11 is 0. The van der Waals surface area contributed by atoms with Crippen molar-refractivity contribution in [3.8, 4) is 0 Å². The Bertz CT molecular complexity index is 307. The Morgan fingerprint density at radius 1 is 0.792 bits per heavy atom. The zero-order valence-electron chi connectivity index (χ0n) is 16.0. The number of esters is 1. The van der Waals surface area contributed by atoms with E-state index >= 15 is 0 Å². The Kier molecular flexibility index (Phi) is 22.5. The van der Waals surface area contributed by atoms with E-state index in [1.54, 1.807) is 0 Å². The predicted molar refractivity (Wildman–Crippen MR) is 100 cm³/mol. The van der Waals surface area contributed by atoms with Gasteiger partial charge < -0.3 is 9.84 Å². The van der Waals surface area contributed by atoms with Crippen molar-refractivity contribution in [2.75, 3.05) is 6.61 Å². The van der Waals surface area contributed by atoms with Crippen LogP contribution in [-0.2, 0) is 14.3 Å². The molecule has 0 radical (unpaired) electrons. The van der Waals surface area contributed by atoms with E-state index in [2.05, 4.69) is 19.1 Å². The summed E-state index contributed by atoms with van der Waals surface area (Å²) in [5.74, 6) is -0.992. The van der Waals surface area contributed by atoms with Gasteiger partial charge in [0.15, 0.2) is 0 Å². The molecule has 0 amide bonds. The second kappa shape index (κ2) is 21.7. The van der Waals surface area contributed by atoms with Gasteiger partial charge in [0.05, 0.1) is 6.61 Å². The summed E-state index contributed by atoms with van der Waals surface area (Å²) in [5, 5.41) is 7.42. The SMILES string of the molecule is CC(=O)O.CCCCC=CCCCCCCCCCCOC(C)=O. The molecule has 0 aliphatic heterocycles. The first-order valence-corrected chi connectivity index (χ1v) is 9.48. The summed E-state index contributed by atoms with van der Waals surface area (Å²) in [6.45, 7) is 5.39. The lowest BCUT2D eigenvalue weighted by atomic mass is 10.1. The van der Waals surface area contributed by atoms with Crippen LogP contribution in [0, 0.1) is 0 Å².